The van der Waals surface area contributed by atoms with Crippen molar-refractivity contribution in [2.24, 2.45) is 0 Å². The van der Waals surface area contributed by atoms with E-state index in [1.54, 1.807) is 12.1 Å². The van der Waals surface area contributed by atoms with Gasteiger partial charge in [-0.25, -0.2) is 13.2 Å². The highest BCUT2D eigenvalue weighted by atomic mass is 19.2. The second-order valence-electron chi connectivity index (χ2n) is 5.20. The third-order valence-electron chi connectivity index (χ3n) is 3.54. The predicted octanol–water partition coefficient (Wildman–Crippen LogP) is 2.80. The monoisotopic (exact) mass is 323 g/mol. The molecule has 0 aliphatic heterocycles. The molecule has 0 aliphatic rings. The molecule has 1 unspecified atom stereocenters. The number of carbonyl (C=O) groups excluding carboxylic acids is 1. The van der Waals surface area contributed by atoms with Crippen LogP contribution in [0.1, 0.15) is 22.7 Å². The van der Waals surface area contributed by atoms with E-state index < -0.39 is 36.0 Å². The molecule has 2 aromatic rings. The predicted molar refractivity (Wildman–Crippen MR) is 79.2 cm³/mol. The molecule has 2 aromatic carbocycles. The minimum absolute atomic E-state index is 0.0398. The third-order valence-corrected chi connectivity index (χ3v) is 3.54. The molecule has 0 aromatic heterocycles. The Kier molecular flexibility index (Phi) is 5.39. The van der Waals surface area contributed by atoms with Crippen LogP contribution in [0.4, 0.5) is 13.2 Å². The molecule has 2 N–H and O–H groups in total. The zero-order valence-electron chi connectivity index (χ0n) is 12.4. The maximum Gasteiger partial charge on any atom is 0.224 e. The van der Waals surface area contributed by atoms with Gasteiger partial charge in [-0.05, 0) is 35.7 Å². The van der Waals surface area contributed by atoms with Crippen molar-refractivity contribution in [1.29, 1.82) is 0 Å². The number of aryl methyl sites for hydroxylation is 1. The van der Waals surface area contributed by atoms with Gasteiger partial charge in [0.15, 0.2) is 17.5 Å². The molecule has 0 saturated carbocycles. The quantitative estimate of drug-likeness (QED) is 0.831. The Labute approximate surface area is 131 Å². The fraction of sp³-hybridized carbons (Fsp3) is 0.235. The van der Waals surface area contributed by atoms with Crippen molar-refractivity contribution >= 4 is 5.91 Å². The highest BCUT2D eigenvalue weighted by Crippen LogP contribution is 2.19. The first kappa shape index (κ1) is 17.0. The standard InChI is InChI=1S/C17H16F3NO2/c1-10-4-2-3-5-11(10)8-16(23)21-15(9-22)12-6-13(18)17(20)14(19)7-12/h2-7,15,22H,8-9H2,1H3,(H,21,23). The van der Waals surface area contributed by atoms with Crippen LogP contribution in [0, 0.1) is 24.4 Å². The van der Waals surface area contributed by atoms with Gasteiger partial charge in [0.05, 0.1) is 19.1 Å². The Morgan fingerprint density at radius 3 is 2.35 bits per heavy atom. The molecule has 0 bridgehead atoms. The zero-order chi connectivity index (χ0) is 17.0. The number of hydrogen-bond donors (Lipinski definition) is 2. The molecule has 2 rings (SSSR count). The van der Waals surface area contributed by atoms with Crippen molar-refractivity contribution in [3.63, 3.8) is 0 Å². The van der Waals surface area contributed by atoms with E-state index >= 15 is 0 Å². The van der Waals surface area contributed by atoms with Gasteiger partial charge in [0.25, 0.3) is 0 Å². The zero-order valence-corrected chi connectivity index (χ0v) is 12.4. The molecular formula is C17H16F3NO2. The van der Waals surface area contributed by atoms with Crippen molar-refractivity contribution in [2.45, 2.75) is 19.4 Å². The molecule has 1 amide bonds. The molecule has 0 fully saturated rings. The van der Waals surface area contributed by atoms with Crippen LogP contribution >= 0.6 is 0 Å². The average Bonchev–Trinajstić information content (AvgIpc) is 2.52. The highest BCUT2D eigenvalue weighted by Gasteiger charge is 2.19. The Hall–Kier alpha value is -2.34. The van der Waals surface area contributed by atoms with E-state index in [2.05, 4.69) is 5.32 Å². The van der Waals surface area contributed by atoms with Crippen molar-refractivity contribution in [3.8, 4) is 0 Å². The molecule has 23 heavy (non-hydrogen) atoms. The average molecular weight is 323 g/mol. The van der Waals surface area contributed by atoms with Crippen LogP contribution in [0.25, 0.3) is 0 Å². The Morgan fingerprint density at radius 2 is 1.78 bits per heavy atom. The molecule has 0 radical (unpaired) electrons. The SMILES string of the molecule is Cc1ccccc1CC(=O)NC(CO)c1cc(F)c(F)c(F)c1. The van der Waals surface area contributed by atoms with E-state index in [0.29, 0.717) is 0 Å². The van der Waals surface area contributed by atoms with E-state index in [1.165, 1.54) is 0 Å². The topological polar surface area (TPSA) is 49.3 Å². The molecular weight excluding hydrogens is 307 g/mol. The van der Waals surface area contributed by atoms with Crippen LogP contribution in [0.5, 0.6) is 0 Å². The fourth-order valence-corrected chi connectivity index (χ4v) is 2.24. The number of amides is 1. The Balaban J connectivity index is 2.13. The molecule has 0 saturated heterocycles. The first-order chi connectivity index (χ1) is 10.9. The van der Waals surface area contributed by atoms with Gasteiger partial charge < -0.3 is 10.4 Å². The molecule has 1 atom stereocenters. The van der Waals surface area contributed by atoms with Crippen molar-refractivity contribution in [3.05, 3.63) is 70.5 Å². The van der Waals surface area contributed by atoms with Crippen LogP contribution in [-0.2, 0) is 11.2 Å². The number of carbonyl (C=O) groups is 1. The van der Waals surface area contributed by atoms with Crippen molar-refractivity contribution in [1.82, 2.24) is 5.32 Å². The van der Waals surface area contributed by atoms with Gasteiger partial charge in [-0.15, -0.1) is 0 Å². The normalized spacial score (nSPS) is 12.0. The van der Waals surface area contributed by atoms with Gasteiger partial charge in [-0.2, -0.15) is 0 Å². The first-order valence-corrected chi connectivity index (χ1v) is 7.01. The minimum Gasteiger partial charge on any atom is -0.394 e. The smallest absolute Gasteiger partial charge is 0.224 e. The van der Waals surface area contributed by atoms with Gasteiger partial charge in [-0.3, -0.25) is 4.79 Å². The van der Waals surface area contributed by atoms with E-state index in [0.717, 1.165) is 23.3 Å². The number of benzene rings is 2. The summed E-state index contributed by atoms with van der Waals surface area (Å²) in [4.78, 5) is 12.1. The van der Waals surface area contributed by atoms with Gasteiger partial charge in [-0.1, -0.05) is 24.3 Å². The van der Waals surface area contributed by atoms with Gasteiger partial charge >= 0.3 is 0 Å². The summed E-state index contributed by atoms with van der Waals surface area (Å²) >= 11 is 0. The number of aliphatic hydroxyl groups excluding tert-OH is 1. The van der Waals surface area contributed by atoms with Gasteiger partial charge in [0.2, 0.25) is 5.91 Å². The molecule has 6 heteroatoms. The van der Waals surface area contributed by atoms with Crippen molar-refractivity contribution in [2.75, 3.05) is 6.61 Å². The maximum atomic E-state index is 13.3. The lowest BCUT2D eigenvalue weighted by atomic mass is 10.0. The summed E-state index contributed by atoms with van der Waals surface area (Å²) in [6, 6.07) is 7.79. The number of rotatable bonds is 5. The number of hydrogen-bond acceptors (Lipinski definition) is 2. The maximum absolute atomic E-state index is 13.3. The third kappa shape index (κ3) is 4.10. The Bertz CT molecular complexity index is 696. The molecule has 0 spiro atoms. The second kappa shape index (κ2) is 7.28. The van der Waals surface area contributed by atoms with Crippen LogP contribution in [-0.4, -0.2) is 17.6 Å². The number of aliphatic hydroxyl groups is 1. The van der Waals surface area contributed by atoms with Crippen LogP contribution < -0.4 is 5.32 Å². The largest absolute Gasteiger partial charge is 0.394 e. The summed E-state index contributed by atoms with van der Waals surface area (Å²) < 4.78 is 39.5. The van der Waals surface area contributed by atoms with Crippen LogP contribution in [0.15, 0.2) is 36.4 Å². The Morgan fingerprint density at radius 1 is 1.17 bits per heavy atom. The van der Waals surface area contributed by atoms with Crippen molar-refractivity contribution < 1.29 is 23.1 Å². The minimum atomic E-state index is -1.59. The summed E-state index contributed by atoms with van der Waals surface area (Å²) in [5.74, 6) is -4.74. The highest BCUT2D eigenvalue weighted by molar-refractivity contribution is 5.79. The molecule has 0 heterocycles. The van der Waals surface area contributed by atoms with Crippen LogP contribution in [0.3, 0.4) is 0 Å². The summed E-state index contributed by atoms with van der Waals surface area (Å²) in [6.45, 7) is 1.29. The number of nitrogens with one attached hydrogen (secondary N) is 1. The summed E-state index contributed by atoms with van der Waals surface area (Å²) in [6.07, 6.45) is 0.0648. The molecule has 3 nitrogen and oxygen atoms in total. The first-order valence-electron chi connectivity index (χ1n) is 7.01. The van der Waals surface area contributed by atoms with Crippen LogP contribution in [0.2, 0.25) is 0 Å². The summed E-state index contributed by atoms with van der Waals surface area (Å²) in [7, 11) is 0. The van der Waals surface area contributed by atoms with Gasteiger partial charge in [0, 0.05) is 0 Å². The second-order valence-corrected chi connectivity index (χ2v) is 5.20. The van der Waals surface area contributed by atoms with E-state index in [1.807, 2.05) is 19.1 Å². The number of halogens is 3. The van der Waals surface area contributed by atoms with Gasteiger partial charge in [0.1, 0.15) is 0 Å². The summed E-state index contributed by atoms with van der Waals surface area (Å²) in [5, 5.41) is 11.8. The summed E-state index contributed by atoms with van der Waals surface area (Å²) in [5.41, 5.74) is 1.70. The lowest BCUT2D eigenvalue weighted by molar-refractivity contribution is -0.121. The lowest BCUT2D eigenvalue weighted by Gasteiger charge is -2.17. The molecule has 0 aliphatic carbocycles. The van der Waals surface area contributed by atoms with E-state index in [4.69, 9.17) is 0 Å². The lowest BCUT2D eigenvalue weighted by Crippen LogP contribution is -2.32. The van der Waals surface area contributed by atoms with E-state index in [-0.39, 0.29) is 12.0 Å². The van der Waals surface area contributed by atoms with E-state index in [9.17, 15) is 23.1 Å². The fourth-order valence-electron chi connectivity index (χ4n) is 2.24. The molecule has 122 valence electrons.